The Balaban J connectivity index is -0.000000368. The molecule has 0 unspecified atom stereocenters. The molecule has 102 valence electrons. The molecule has 0 atom stereocenters. The topological polar surface area (TPSA) is 134 Å². The molecule has 8 heteroatoms. The summed E-state index contributed by atoms with van der Waals surface area (Å²) < 4.78 is 22.5. The molecule has 2 rings (SSSR count). The van der Waals surface area contributed by atoms with E-state index >= 15 is 0 Å². The van der Waals surface area contributed by atoms with E-state index in [4.69, 9.17) is 24.2 Å². The molecular formula is C12H6CrO7. The Morgan fingerprint density at radius 3 is 1.30 bits per heavy atom. The smallest absolute Gasteiger partial charge is 0 e. The molecule has 1 aliphatic carbocycles. The molecule has 1 aromatic carbocycles. The van der Waals surface area contributed by atoms with Crippen LogP contribution in [0, 0.1) is 20.0 Å². The third-order valence-corrected chi connectivity index (χ3v) is 2.05. The number of aliphatic hydroxyl groups is 2. The van der Waals surface area contributed by atoms with Crippen molar-refractivity contribution >= 4 is 11.6 Å². The summed E-state index contributed by atoms with van der Waals surface area (Å²) in [7, 11) is 0. The van der Waals surface area contributed by atoms with Crippen LogP contribution in [0.1, 0.15) is 20.7 Å². The Bertz CT molecular complexity index is 477. The van der Waals surface area contributed by atoms with Crippen LogP contribution in [0.2, 0.25) is 0 Å². The van der Waals surface area contributed by atoms with Gasteiger partial charge in [-0.25, -0.2) is 0 Å². The first-order chi connectivity index (χ1) is 9.05. The van der Waals surface area contributed by atoms with Gasteiger partial charge in [0.1, 0.15) is 0 Å². The number of hydrogen-bond acceptors (Lipinski definition) is 4. The van der Waals surface area contributed by atoms with Crippen molar-refractivity contribution in [2.24, 2.45) is 0 Å². The second-order valence-corrected chi connectivity index (χ2v) is 2.88. The van der Waals surface area contributed by atoms with Crippen LogP contribution >= 0.6 is 0 Å². The van der Waals surface area contributed by atoms with Crippen molar-refractivity contribution in [3.05, 3.63) is 55.3 Å². The predicted octanol–water partition coefficient (Wildman–Crippen LogP) is -0.369. The van der Waals surface area contributed by atoms with Crippen LogP contribution < -0.4 is 0 Å². The van der Waals surface area contributed by atoms with Crippen LogP contribution in [-0.2, 0) is 31.3 Å². The molecule has 0 fully saturated rings. The van der Waals surface area contributed by atoms with Crippen molar-refractivity contribution in [1.29, 1.82) is 0 Å². The van der Waals surface area contributed by atoms with Crippen LogP contribution in [0.5, 0.6) is 0 Å². The first-order valence-corrected chi connectivity index (χ1v) is 4.30. The summed E-state index contributed by atoms with van der Waals surface area (Å²) in [5.74, 6) is -4.76. The molecule has 0 radical (unpaired) electrons. The van der Waals surface area contributed by atoms with Gasteiger partial charge in [0.2, 0.25) is 11.6 Å². The van der Waals surface area contributed by atoms with E-state index in [9.17, 15) is 9.59 Å². The molecule has 1 aromatic rings. The van der Waals surface area contributed by atoms with Gasteiger partial charge in [-0.2, -0.15) is 0 Å². The number of carbonyl (C=O) groups is 2. The SMILES string of the molecule is O=C1c2ccccc2C(=O)C1(O)O.[C-]#[O+].[C-]#[O+].[C-]#[O+].[Cr]. The molecule has 0 bridgehead atoms. The van der Waals surface area contributed by atoms with Gasteiger partial charge in [-0.1, -0.05) is 24.3 Å². The van der Waals surface area contributed by atoms with Crippen molar-refractivity contribution in [3.8, 4) is 0 Å². The predicted molar refractivity (Wildman–Crippen MR) is 54.1 cm³/mol. The van der Waals surface area contributed by atoms with Crippen molar-refractivity contribution in [3.63, 3.8) is 0 Å². The first-order valence-electron chi connectivity index (χ1n) is 4.30. The van der Waals surface area contributed by atoms with Gasteiger partial charge >= 0.3 is 33.9 Å². The number of hydrogen-bond donors (Lipinski definition) is 2. The zero-order valence-electron chi connectivity index (χ0n) is 9.65. The van der Waals surface area contributed by atoms with E-state index in [2.05, 4.69) is 20.0 Å². The molecular weight excluding hydrogens is 308 g/mol. The van der Waals surface area contributed by atoms with Crippen molar-refractivity contribution in [2.45, 2.75) is 5.79 Å². The number of ketones is 2. The van der Waals surface area contributed by atoms with Gasteiger partial charge in [-0.3, -0.25) is 9.59 Å². The van der Waals surface area contributed by atoms with Gasteiger partial charge in [0.25, 0.3) is 5.79 Å². The fraction of sp³-hybridized carbons (Fsp3) is 0.0833. The number of fused-ring (bicyclic) bond motifs is 1. The van der Waals surface area contributed by atoms with E-state index in [1.807, 2.05) is 0 Å². The minimum Gasteiger partial charge on any atom is 0 e. The van der Waals surface area contributed by atoms with Crippen LogP contribution in [0.4, 0.5) is 0 Å². The normalized spacial score (nSPS) is 12.6. The minimum atomic E-state index is -2.86. The Hall–Kier alpha value is -1.77. The van der Waals surface area contributed by atoms with E-state index in [0.717, 1.165) is 0 Å². The molecule has 0 saturated heterocycles. The summed E-state index contributed by atoms with van der Waals surface area (Å²) in [5.41, 5.74) is 0.134. The third-order valence-electron chi connectivity index (χ3n) is 2.05. The van der Waals surface area contributed by atoms with E-state index in [0.29, 0.717) is 0 Å². The first kappa shape index (κ1) is 23.3. The zero-order chi connectivity index (χ0) is 15.6. The van der Waals surface area contributed by atoms with Gasteiger partial charge in [0.05, 0.1) is 0 Å². The molecule has 1 aliphatic rings. The van der Waals surface area contributed by atoms with Crippen molar-refractivity contribution < 1.29 is 51.1 Å². The van der Waals surface area contributed by atoms with E-state index in [1.54, 1.807) is 12.1 Å². The number of Topliss-reactive ketones (excluding diaryl/α,β-unsaturated/α-hetero) is 2. The molecule has 7 nitrogen and oxygen atoms in total. The van der Waals surface area contributed by atoms with Crippen molar-refractivity contribution in [1.82, 2.24) is 0 Å². The maximum Gasteiger partial charge on any atom is 0 e. The summed E-state index contributed by atoms with van der Waals surface area (Å²) in [6, 6.07) is 5.91. The molecule has 0 aliphatic heterocycles. The van der Waals surface area contributed by atoms with E-state index in [1.165, 1.54) is 12.1 Å². The molecule has 0 spiro atoms. The molecule has 0 heterocycles. The number of rotatable bonds is 0. The summed E-state index contributed by atoms with van der Waals surface area (Å²) >= 11 is 0. The average molecular weight is 314 g/mol. The third kappa shape index (κ3) is 4.41. The number of carbonyl (C=O) groups excluding carboxylic acids is 2. The Kier molecular flexibility index (Phi) is 12.9. The Morgan fingerprint density at radius 2 is 1.05 bits per heavy atom. The maximum absolute atomic E-state index is 11.2. The fourth-order valence-corrected chi connectivity index (χ4v) is 1.36. The van der Waals surface area contributed by atoms with Crippen molar-refractivity contribution in [2.75, 3.05) is 0 Å². The van der Waals surface area contributed by atoms with E-state index in [-0.39, 0.29) is 28.5 Å². The molecule has 2 N–H and O–H groups in total. The standard InChI is InChI=1S/C9H6O4.3CO.Cr/c10-7-5-3-1-2-4-6(5)8(11)9(7,12)13;3*1-2;/h1-4,12-13H;;;;. The summed E-state index contributed by atoms with van der Waals surface area (Å²) in [5, 5.41) is 18.2. The van der Waals surface area contributed by atoms with Gasteiger partial charge in [-0.05, 0) is 0 Å². The summed E-state index contributed by atoms with van der Waals surface area (Å²) in [6.45, 7) is 13.5. The molecule has 20 heavy (non-hydrogen) atoms. The molecule has 0 saturated carbocycles. The second-order valence-electron chi connectivity index (χ2n) is 2.88. The zero-order valence-corrected chi connectivity index (χ0v) is 10.9. The maximum atomic E-state index is 11.2. The summed E-state index contributed by atoms with van der Waals surface area (Å²) in [6.07, 6.45) is 0. The Labute approximate surface area is 124 Å². The monoisotopic (exact) mass is 314 g/mol. The van der Waals surface area contributed by atoms with Gasteiger partial charge in [0, 0.05) is 28.5 Å². The largest absolute Gasteiger partial charge is 0 e. The van der Waals surface area contributed by atoms with Crippen LogP contribution in [-0.4, -0.2) is 27.6 Å². The van der Waals surface area contributed by atoms with Gasteiger partial charge in [-0.15, -0.1) is 0 Å². The average Bonchev–Trinajstić information content (AvgIpc) is 2.67. The van der Waals surface area contributed by atoms with Crippen LogP contribution in [0.25, 0.3) is 0 Å². The van der Waals surface area contributed by atoms with Gasteiger partial charge < -0.3 is 10.2 Å². The van der Waals surface area contributed by atoms with Crippen LogP contribution in [0.3, 0.4) is 0 Å². The fourth-order valence-electron chi connectivity index (χ4n) is 1.36. The van der Waals surface area contributed by atoms with E-state index < -0.39 is 17.4 Å². The van der Waals surface area contributed by atoms with Crippen LogP contribution in [0.15, 0.2) is 24.3 Å². The molecule has 0 amide bonds. The Morgan fingerprint density at radius 1 is 0.800 bits per heavy atom. The number of benzene rings is 1. The second kappa shape index (κ2) is 11.1. The van der Waals surface area contributed by atoms with Gasteiger partial charge in [0.15, 0.2) is 0 Å². The quantitative estimate of drug-likeness (QED) is 0.292. The minimum absolute atomic E-state index is 0. The summed E-state index contributed by atoms with van der Waals surface area (Å²) in [4.78, 5) is 22.4. The molecule has 0 aromatic heterocycles.